The highest BCUT2D eigenvalue weighted by atomic mass is 32.1. The van der Waals surface area contributed by atoms with Gasteiger partial charge in [-0.15, -0.1) is 11.3 Å². The number of amides is 1. The van der Waals surface area contributed by atoms with Gasteiger partial charge >= 0.3 is 0 Å². The maximum atomic E-state index is 12.2. The Bertz CT molecular complexity index is 708. The first-order valence-electron chi connectivity index (χ1n) is 8.78. The number of aliphatic hydroxyl groups excluding tert-OH is 1. The fourth-order valence-corrected chi connectivity index (χ4v) is 3.60. The fourth-order valence-electron chi connectivity index (χ4n) is 2.63. The number of aryl methyl sites for hydroxylation is 4. The molecule has 25 heavy (non-hydrogen) atoms. The molecule has 7 heteroatoms. The normalized spacial score (nSPS) is 12.4. The van der Waals surface area contributed by atoms with Crippen LogP contribution in [0.1, 0.15) is 64.1 Å². The minimum atomic E-state index is -0.266. The first-order valence-corrected chi connectivity index (χ1v) is 9.59. The first kappa shape index (κ1) is 19.6. The molecule has 0 radical (unpaired) electrons. The smallest absolute Gasteiger partial charge is 0.263 e. The van der Waals surface area contributed by atoms with E-state index in [1.165, 1.54) is 16.9 Å². The number of aromatic nitrogens is 2. The van der Waals surface area contributed by atoms with Crippen molar-refractivity contribution in [2.24, 2.45) is 0 Å². The number of hydrogen-bond donors (Lipinski definition) is 2. The lowest BCUT2D eigenvalue weighted by molar-refractivity contribution is 0.0925. The lowest BCUT2D eigenvalue weighted by Crippen LogP contribution is -2.34. The van der Waals surface area contributed by atoms with E-state index in [1.54, 1.807) is 6.92 Å². The van der Waals surface area contributed by atoms with Crippen LogP contribution in [0.4, 0.5) is 0 Å². The summed E-state index contributed by atoms with van der Waals surface area (Å²) in [6.07, 6.45) is 4.74. The molecule has 0 aliphatic rings. The van der Waals surface area contributed by atoms with Crippen molar-refractivity contribution in [1.82, 2.24) is 15.5 Å². The van der Waals surface area contributed by atoms with Crippen molar-refractivity contribution < 1.29 is 14.4 Å². The van der Waals surface area contributed by atoms with Crippen molar-refractivity contribution in [3.8, 4) is 0 Å². The van der Waals surface area contributed by atoms with Crippen LogP contribution in [0.25, 0.3) is 0 Å². The van der Waals surface area contributed by atoms with Crippen molar-refractivity contribution in [3.63, 3.8) is 0 Å². The minimum Gasteiger partial charge on any atom is -0.394 e. The Morgan fingerprint density at radius 3 is 2.76 bits per heavy atom. The van der Waals surface area contributed by atoms with Gasteiger partial charge in [-0.25, -0.2) is 4.98 Å². The average molecular weight is 365 g/mol. The van der Waals surface area contributed by atoms with E-state index in [0.717, 1.165) is 54.3 Å². The second-order valence-electron chi connectivity index (χ2n) is 6.35. The SMILES string of the molecule is CCCCc1noc(C)c1CCc1nc(C)c(C(=O)NC(C)CO)s1. The van der Waals surface area contributed by atoms with Gasteiger partial charge in [-0.1, -0.05) is 18.5 Å². The van der Waals surface area contributed by atoms with Gasteiger partial charge in [-0.2, -0.15) is 0 Å². The molecule has 0 aliphatic carbocycles. The van der Waals surface area contributed by atoms with Crippen molar-refractivity contribution >= 4 is 17.2 Å². The lowest BCUT2D eigenvalue weighted by atomic mass is 10.0. The molecule has 0 saturated heterocycles. The third-order valence-electron chi connectivity index (χ3n) is 4.12. The van der Waals surface area contributed by atoms with Crippen LogP contribution in [0.15, 0.2) is 4.52 Å². The van der Waals surface area contributed by atoms with E-state index in [-0.39, 0.29) is 18.6 Å². The number of carbonyl (C=O) groups is 1. The molecule has 0 saturated carbocycles. The van der Waals surface area contributed by atoms with Gasteiger partial charge in [0.25, 0.3) is 5.91 Å². The standard InChI is InChI=1S/C18H27N3O3S/c1-5-6-7-15-14(13(4)24-21-15)8-9-16-20-12(3)17(25-16)18(23)19-11(2)10-22/h11,22H,5-10H2,1-4H3,(H,19,23). The number of thiazole rings is 1. The summed E-state index contributed by atoms with van der Waals surface area (Å²) in [5, 5.41) is 16.9. The molecule has 1 amide bonds. The number of unbranched alkanes of at least 4 members (excludes halogenated alkanes) is 1. The second kappa shape index (κ2) is 9.10. The second-order valence-corrected chi connectivity index (χ2v) is 7.43. The predicted octanol–water partition coefficient (Wildman–Crippen LogP) is 2.99. The molecular formula is C18H27N3O3S. The molecule has 1 unspecified atom stereocenters. The maximum Gasteiger partial charge on any atom is 0.263 e. The Kier molecular flexibility index (Phi) is 7.13. The molecule has 2 rings (SSSR count). The van der Waals surface area contributed by atoms with Gasteiger partial charge in [0, 0.05) is 18.0 Å². The first-order chi connectivity index (χ1) is 12.0. The highest BCUT2D eigenvalue weighted by Gasteiger charge is 2.18. The Morgan fingerprint density at radius 2 is 2.08 bits per heavy atom. The van der Waals surface area contributed by atoms with Crippen LogP contribution in [0.2, 0.25) is 0 Å². The van der Waals surface area contributed by atoms with E-state index in [0.29, 0.717) is 4.88 Å². The van der Waals surface area contributed by atoms with Crippen LogP contribution < -0.4 is 5.32 Å². The van der Waals surface area contributed by atoms with Gasteiger partial charge in [-0.05, 0) is 40.0 Å². The van der Waals surface area contributed by atoms with Crippen LogP contribution in [0.5, 0.6) is 0 Å². The number of rotatable bonds is 9. The number of aliphatic hydroxyl groups is 1. The van der Waals surface area contributed by atoms with E-state index >= 15 is 0 Å². The van der Waals surface area contributed by atoms with E-state index in [2.05, 4.69) is 22.4 Å². The number of carbonyl (C=O) groups excluding carboxylic acids is 1. The van der Waals surface area contributed by atoms with Gasteiger partial charge in [0.1, 0.15) is 10.6 Å². The van der Waals surface area contributed by atoms with Crippen LogP contribution in [-0.2, 0) is 19.3 Å². The summed E-state index contributed by atoms with van der Waals surface area (Å²) in [6.45, 7) is 7.64. The van der Waals surface area contributed by atoms with E-state index in [4.69, 9.17) is 9.63 Å². The minimum absolute atomic E-state index is 0.0796. The summed E-state index contributed by atoms with van der Waals surface area (Å²) in [7, 11) is 0. The molecule has 0 bridgehead atoms. The number of nitrogens with zero attached hydrogens (tertiary/aromatic N) is 2. The third-order valence-corrected chi connectivity index (χ3v) is 5.34. The van der Waals surface area contributed by atoms with E-state index < -0.39 is 0 Å². The fraction of sp³-hybridized carbons (Fsp3) is 0.611. The lowest BCUT2D eigenvalue weighted by Gasteiger charge is -2.09. The van der Waals surface area contributed by atoms with Crippen molar-refractivity contribution in [2.45, 2.75) is 65.8 Å². The van der Waals surface area contributed by atoms with Crippen molar-refractivity contribution in [2.75, 3.05) is 6.61 Å². The highest BCUT2D eigenvalue weighted by molar-refractivity contribution is 7.13. The molecule has 0 aliphatic heterocycles. The maximum absolute atomic E-state index is 12.2. The van der Waals surface area contributed by atoms with Crippen molar-refractivity contribution in [3.05, 3.63) is 32.6 Å². The van der Waals surface area contributed by atoms with Crippen LogP contribution in [0, 0.1) is 13.8 Å². The molecule has 2 heterocycles. The van der Waals surface area contributed by atoms with Crippen LogP contribution in [0.3, 0.4) is 0 Å². The van der Waals surface area contributed by atoms with Crippen LogP contribution in [-0.4, -0.2) is 33.8 Å². The summed E-state index contributed by atoms with van der Waals surface area (Å²) in [4.78, 5) is 17.4. The zero-order chi connectivity index (χ0) is 18.4. The van der Waals surface area contributed by atoms with Gasteiger partial charge in [0.15, 0.2) is 0 Å². The number of nitrogens with one attached hydrogen (secondary N) is 1. The quantitative estimate of drug-likeness (QED) is 0.713. The molecule has 0 aromatic carbocycles. The van der Waals surface area contributed by atoms with Gasteiger partial charge in [-0.3, -0.25) is 4.79 Å². The molecule has 0 spiro atoms. The predicted molar refractivity (Wildman–Crippen MR) is 98.1 cm³/mol. The van der Waals surface area contributed by atoms with Gasteiger partial charge in [0.05, 0.1) is 23.0 Å². The monoisotopic (exact) mass is 365 g/mol. The largest absolute Gasteiger partial charge is 0.394 e. The molecule has 2 aromatic rings. The number of hydrogen-bond acceptors (Lipinski definition) is 6. The highest BCUT2D eigenvalue weighted by Crippen LogP contribution is 2.22. The Labute approximate surface area is 152 Å². The van der Waals surface area contributed by atoms with E-state index in [1.807, 2.05) is 13.8 Å². The summed E-state index contributed by atoms with van der Waals surface area (Å²) in [6, 6.07) is -0.266. The topological polar surface area (TPSA) is 88.2 Å². The summed E-state index contributed by atoms with van der Waals surface area (Å²) in [5.41, 5.74) is 2.94. The molecular weight excluding hydrogens is 338 g/mol. The van der Waals surface area contributed by atoms with Gasteiger partial charge in [0.2, 0.25) is 0 Å². The molecule has 2 aromatic heterocycles. The zero-order valence-electron chi connectivity index (χ0n) is 15.4. The zero-order valence-corrected chi connectivity index (χ0v) is 16.2. The Hall–Kier alpha value is -1.73. The summed E-state index contributed by atoms with van der Waals surface area (Å²) >= 11 is 1.42. The molecule has 6 nitrogen and oxygen atoms in total. The van der Waals surface area contributed by atoms with Crippen molar-refractivity contribution in [1.29, 1.82) is 0 Å². The summed E-state index contributed by atoms with van der Waals surface area (Å²) < 4.78 is 5.35. The molecule has 138 valence electrons. The Morgan fingerprint density at radius 1 is 1.32 bits per heavy atom. The average Bonchev–Trinajstić information content (AvgIpc) is 3.13. The third kappa shape index (κ3) is 5.12. The van der Waals surface area contributed by atoms with Gasteiger partial charge < -0.3 is 14.9 Å². The van der Waals surface area contributed by atoms with E-state index in [9.17, 15) is 4.79 Å². The molecule has 0 fully saturated rings. The van der Waals surface area contributed by atoms with Crippen LogP contribution >= 0.6 is 11.3 Å². The summed E-state index contributed by atoms with van der Waals surface area (Å²) in [5.74, 6) is 0.696. The Balaban J connectivity index is 2.04. The molecule has 1 atom stereocenters. The molecule has 2 N–H and O–H groups in total.